The van der Waals surface area contributed by atoms with Crippen LogP contribution in [0.15, 0.2) is 76.6 Å². The summed E-state index contributed by atoms with van der Waals surface area (Å²) in [5, 5.41) is 0.779. The highest BCUT2D eigenvalue weighted by Crippen LogP contribution is 2.32. The van der Waals surface area contributed by atoms with E-state index in [1.54, 1.807) is 42.0 Å². The predicted octanol–water partition coefficient (Wildman–Crippen LogP) is 5.22. The maximum absolute atomic E-state index is 13.0. The zero-order valence-electron chi connectivity index (χ0n) is 18.8. The van der Waals surface area contributed by atoms with Gasteiger partial charge in [-0.05, 0) is 48.5 Å². The van der Waals surface area contributed by atoms with E-state index < -0.39 is 15.9 Å². The molecule has 0 fully saturated rings. The first-order valence-electron chi connectivity index (χ1n) is 10.4. The molecule has 0 saturated carbocycles. The van der Waals surface area contributed by atoms with Crippen LogP contribution in [0.1, 0.15) is 10.4 Å². The zero-order chi connectivity index (χ0) is 25.2. The van der Waals surface area contributed by atoms with Crippen LogP contribution in [0.2, 0.25) is 10.0 Å². The van der Waals surface area contributed by atoms with Gasteiger partial charge in [0.05, 0.1) is 37.5 Å². The van der Waals surface area contributed by atoms with Crippen LogP contribution in [0.3, 0.4) is 0 Å². The van der Waals surface area contributed by atoms with E-state index in [0.29, 0.717) is 39.2 Å². The number of carbonyl (C=O) groups excluding carboxylic acids is 1. The summed E-state index contributed by atoms with van der Waals surface area (Å²) in [6.45, 7) is 0.809. The summed E-state index contributed by atoms with van der Waals surface area (Å²) >= 11 is 13.9. The molecular weight excluding hydrogens is 529 g/mol. The van der Waals surface area contributed by atoms with Crippen molar-refractivity contribution in [1.82, 2.24) is 4.57 Å². The average Bonchev–Trinajstić information content (AvgIpc) is 3.22. The van der Waals surface area contributed by atoms with Crippen LogP contribution >= 0.6 is 34.5 Å². The fourth-order valence-electron chi connectivity index (χ4n) is 3.43. The molecule has 0 saturated heterocycles. The number of aromatic nitrogens is 1. The Labute approximate surface area is 216 Å². The van der Waals surface area contributed by atoms with Crippen LogP contribution in [-0.4, -0.2) is 39.7 Å². The molecule has 4 aromatic rings. The van der Waals surface area contributed by atoms with Gasteiger partial charge in [-0.15, -0.1) is 0 Å². The van der Waals surface area contributed by atoms with Crippen molar-refractivity contribution in [1.29, 1.82) is 0 Å². The molecule has 0 atom stereocenters. The maximum Gasteiger partial charge on any atom is 0.279 e. The second kappa shape index (κ2) is 10.5. The Hall–Kier alpha value is -2.69. The number of ether oxygens (including phenoxy) is 1. The molecule has 0 bridgehead atoms. The number of rotatable bonds is 7. The SMILES string of the molecule is COCCn1c(=NC(=O)c2ccc(S(=O)(=O)N(C)c3ccccc3)cc2)sc2ccc(Cl)c(Cl)c21. The molecule has 1 amide bonds. The summed E-state index contributed by atoms with van der Waals surface area (Å²) in [6.07, 6.45) is 0. The number of nitrogens with zero attached hydrogens (tertiary/aromatic N) is 3. The number of anilines is 1. The van der Waals surface area contributed by atoms with Crippen molar-refractivity contribution < 1.29 is 17.9 Å². The highest BCUT2D eigenvalue weighted by molar-refractivity contribution is 7.92. The van der Waals surface area contributed by atoms with E-state index in [1.165, 1.54) is 47.0 Å². The van der Waals surface area contributed by atoms with Gasteiger partial charge < -0.3 is 9.30 Å². The summed E-state index contributed by atoms with van der Waals surface area (Å²) in [5.41, 5.74) is 1.47. The first-order chi connectivity index (χ1) is 16.7. The third-order valence-corrected chi connectivity index (χ3v) is 8.97. The minimum Gasteiger partial charge on any atom is -0.383 e. The second-order valence-electron chi connectivity index (χ2n) is 7.49. The van der Waals surface area contributed by atoms with Crippen molar-refractivity contribution in [3.05, 3.63) is 87.1 Å². The summed E-state index contributed by atoms with van der Waals surface area (Å²) in [7, 11) is -0.726. The molecule has 0 aliphatic carbocycles. The summed E-state index contributed by atoms with van der Waals surface area (Å²) < 4.78 is 35.0. The van der Waals surface area contributed by atoms with Crippen molar-refractivity contribution in [3.63, 3.8) is 0 Å². The Bertz CT molecular complexity index is 1550. The van der Waals surface area contributed by atoms with Gasteiger partial charge in [0.1, 0.15) is 0 Å². The van der Waals surface area contributed by atoms with Crippen LogP contribution in [0.25, 0.3) is 10.2 Å². The quantitative estimate of drug-likeness (QED) is 0.316. The number of fused-ring (bicyclic) bond motifs is 1. The third kappa shape index (κ3) is 5.14. The third-order valence-electron chi connectivity index (χ3n) is 5.33. The molecule has 0 unspecified atom stereocenters. The lowest BCUT2D eigenvalue weighted by Gasteiger charge is -2.19. The molecule has 0 N–H and O–H groups in total. The van der Waals surface area contributed by atoms with Gasteiger partial charge in [0.2, 0.25) is 0 Å². The van der Waals surface area contributed by atoms with Gasteiger partial charge in [-0.3, -0.25) is 9.10 Å². The number of para-hydroxylation sites is 1. The van der Waals surface area contributed by atoms with Crippen molar-refractivity contribution in [2.24, 2.45) is 4.99 Å². The molecule has 0 aliphatic heterocycles. The van der Waals surface area contributed by atoms with E-state index in [1.807, 2.05) is 12.1 Å². The number of hydrogen-bond acceptors (Lipinski definition) is 5. The minimum absolute atomic E-state index is 0.0684. The summed E-state index contributed by atoms with van der Waals surface area (Å²) in [5.74, 6) is -0.509. The van der Waals surface area contributed by atoms with Gasteiger partial charge in [0.15, 0.2) is 4.80 Å². The van der Waals surface area contributed by atoms with Crippen LogP contribution in [0, 0.1) is 0 Å². The van der Waals surface area contributed by atoms with Crippen LogP contribution in [-0.2, 0) is 21.3 Å². The lowest BCUT2D eigenvalue weighted by atomic mass is 10.2. The average molecular weight is 550 g/mol. The number of amides is 1. The van der Waals surface area contributed by atoms with E-state index in [4.69, 9.17) is 27.9 Å². The van der Waals surface area contributed by atoms with Gasteiger partial charge in [0.25, 0.3) is 15.9 Å². The molecule has 4 rings (SSSR count). The Kier molecular flexibility index (Phi) is 7.63. The molecule has 35 heavy (non-hydrogen) atoms. The van der Waals surface area contributed by atoms with Crippen molar-refractivity contribution in [3.8, 4) is 0 Å². The molecular formula is C24H21Cl2N3O4S2. The molecule has 3 aromatic carbocycles. The largest absolute Gasteiger partial charge is 0.383 e. The van der Waals surface area contributed by atoms with Crippen LogP contribution < -0.4 is 9.11 Å². The highest BCUT2D eigenvalue weighted by Gasteiger charge is 2.21. The maximum atomic E-state index is 13.0. The summed E-state index contributed by atoms with van der Waals surface area (Å²) in [6, 6.07) is 18.0. The Morgan fingerprint density at radius 2 is 1.74 bits per heavy atom. The van der Waals surface area contributed by atoms with E-state index in [-0.39, 0.29) is 10.5 Å². The molecule has 0 aliphatic rings. The lowest BCUT2D eigenvalue weighted by Crippen LogP contribution is -2.26. The number of carbonyl (C=O) groups is 1. The van der Waals surface area contributed by atoms with Gasteiger partial charge in [-0.2, -0.15) is 4.99 Å². The smallest absolute Gasteiger partial charge is 0.279 e. The normalized spacial score (nSPS) is 12.3. The van der Waals surface area contributed by atoms with E-state index in [0.717, 1.165) is 4.70 Å². The van der Waals surface area contributed by atoms with Gasteiger partial charge >= 0.3 is 0 Å². The number of sulfonamides is 1. The van der Waals surface area contributed by atoms with Crippen molar-refractivity contribution >= 4 is 66.4 Å². The number of thiazole rings is 1. The Morgan fingerprint density at radius 1 is 1.06 bits per heavy atom. The Morgan fingerprint density at radius 3 is 2.40 bits per heavy atom. The first-order valence-corrected chi connectivity index (χ1v) is 13.4. The molecule has 1 aromatic heterocycles. The fraction of sp³-hybridized carbons (Fsp3) is 0.167. The molecule has 11 heteroatoms. The standard InChI is InChI=1S/C24H21Cl2N3O4S2/c1-28(17-6-4-3-5-7-17)35(31,32)18-10-8-16(9-11-18)23(30)27-24-29(14-15-33-2)22-20(34-24)13-12-19(25)21(22)26/h3-13H,14-15H2,1-2H3. The highest BCUT2D eigenvalue weighted by atomic mass is 35.5. The number of benzene rings is 3. The second-order valence-corrected chi connectivity index (χ2v) is 11.3. The zero-order valence-corrected chi connectivity index (χ0v) is 22.0. The minimum atomic E-state index is -3.79. The van der Waals surface area contributed by atoms with Gasteiger partial charge in [0, 0.05) is 26.3 Å². The van der Waals surface area contributed by atoms with Gasteiger partial charge in [-0.1, -0.05) is 52.7 Å². The van der Waals surface area contributed by atoms with Crippen molar-refractivity contribution in [2.45, 2.75) is 11.4 Å². The Balaban J connectivity index is 1.68. The lowest BCUT2D eigenvalue weighted by molar-refractivity contribution is 0.0997. The van der Waals surface area contributed by atoms with Crippen LogP contribution in [0.4, 0.5) is 5.69 Å². The summed E-state index contributed by atoms with van der Waals surface area (Å²) in [4.78, 5) is 17.8. The van der Waals surface area contributed by atoms with Crippen LogP contribution in [0.5, 0.6) is 0 Å². The van der Waals surface area contributed by atoms with E-state index >= 15 is 0 Å². The molecule has 1 heterocycles. The van der Waals surface area contributed by atoms with Gasteiger partial charge in [-0.25, -0.2) is 8.42 Å². The van der Waals surface area contributed by atoms with E-state index in [2.05, 4.69) is 4.99 Å². The number of methoxy groups -OCH3 is 1. The molecule has 0 radical (unpaired) electrons. The number of halogens is 2. The predicted molar refractivity (Wildman–Crippen MR) is 140 cm³/mol. The van der Waals surface area contributed by atoms with Crippen molar-refractivity contribution in [2.75, 3.05) is 25.1 Å². The first kappa shape index (κ1) is 25.4. The number of hydrogen-bond donors (Lipinski definition) is 0. The van der Waals surface area contributed by atoms with E-state index in [9.17, 15) is 13.2 Å². The molecule has 182 valence electrons. The molecule has 0 spiro atoms. The monoisotopic (exact) mass is 549 g/mol. The molecule has 7 nitrogen and oxygen atoms in total. The fourth-order valence-corrected chi connectivity index (χ4v) is 6.17. The topological polar surface area (TPSA) is 81.0 Å².